The van der Waals surface area contributed by atoms with Crippen molar-refractivity contribution < 1.29 is 14.0 Å². The third-order valence-electron chi connectivity index (χ3n) is 3.01. The summed E-state index contributed by atoms with van der Waals surface area (Å²) in [5.74, 6) is 0.864. The summed E-state index contributed by atoms with van der Waals surface area (Å²) in [7, 11) is -0.322. The quantitative estimate of drug-likeness (QED) is 0.686. The molecule has 84 valence electrons. The zero-order valence-electron chi connectivity index (χ0n) is 9.18. The van der Waals surface area contributed by atoms with Crippen molar-refractivity contribution in [3.05, 3.63) is 23.8 Å². The molecule has 2 N–H and O–H groups in total. The zero-order valence-corrected chi connectivity index (χ0v) is 9.18. The summed E-state index contributed by atoms with van der Waals surface area (Å²) in [5.41, 5.74) is 7.80. The smallest absolute Gasteiger partial charge is 0.491 e. The summed E-state index contributed by atoms with van der Waals surface area (Å²) >= 11 is 0. The van der Waals surface area contributed by atoms with Gasteiger partial charge in [-0.25, -0.2) is 0 Å². The Morgan fingerprint density at radius 2 is 2.31 bits per heavy atom. The predicted octanol–water partition coefficient (Wildman–Crippen LogP) is 0.209. The third-order valence-corrected chi connectivity index (χ3v) is 3.01. The Hall–Kier alpha value is -1.04. The van der Waals surface area contributed by atoms with Crippen molar-refractivity contribution in [2.75, 3.05) is 13.2 Å². The maximum absolute atomic E-state index is 5.79. The van der Waals surface area contributed by atoms with Crippen LogP contribution in [0.4, 0.5) is 0 Å². The number of nitrogens with two attached hydrogens (primary N) is 1. The molecule has 16 heavy (non-hydrogen) atoms. The normalized spacial score (nSPS) is 27.2. The first kappa shape index (κ1) is 10.1. The van der Waals surface area contributed by atoms with E-state index in [1.165, 1.54) is 0 Å². The molecule has 2 aliphatic heterocycles. The lowest BCUT2D eigenvalue weighted by Crippen LogP contribution is -2.34. The van der Waals surface area contributed by atoms with Crippen LogP contribution < -0.4 is 15.9 Å². The number of benzene rings is 1. The summed E-state index contributed by atoms with van der Waals surface area (Å²) in [6, 6.07) is 5.95. The molecule has 3 rings (SSSR count). The Labute approximate surface area is 94.8 Å². The largest absolute Gasteiger partial charge is 0.498 e. The monoisotopic (exact) mass is 219 g/mol. The average Bonchev–Trinajstić information content (AvgIpc) is 2.56. The summed E-state index contributed by atoms with van der Waals surface area (Å²) in [6.45, 7) is 3.00. The minimum absolute atomic E-state index is 0.0294. The molecule has 0 fully saturated rings. The standard InChI is InChI=1S/C11H14BNO3/c1-7-6-14-9-4-2-3-8-10(5-13)16-12(15-7)11(8)9/h2-4,7,10H,5-6,13H2,1H3. The van der Waals surface area contributed by atoms with E-state index in [1.807, 2.05) is 25.1 Å². The molecule has 0 saturated carbocycles. The Kier molecular flexibility index (Phi) is 2.39. The molecule has 1 aromatic carbocycles. The van der Waals surface area contributed by atoms with E-state index in [-0.39, 0.29) is 19.3 Å². The van der Waals surface area contributed by atoms with Gasteiger partial charge in [0.2, 0.25) is 0 Å². The van der Waals surface area contributed by atoms with Crippen molar-refractivity contribution in [2.24, 2.45) is 5.73 Å². The van der Waals surface area contributed by atoms with Crippen LogP contribution in [0.15, 0.2) is 18.2 Å². The van der Waals surface area contributed by atoms with Gasteiger partial charge in [-0.05, 0) is 18.6 Å². The lowest BCUT2D eigenvalue weighted by atomic mass is 9.77. The van der Waals surface area contributed by atoms with Crippen molar-refractivity contribution in [1.82, 2.24) is 0 Å². The van der Waals surface area contributed by atoms with Crippen molar-refractivity contribution in [3.63, 3.8) is 0 Å². The molecule has 2 atom stereocenters. The van der Waals surface area contributed by atoms with Gasteiger partial charge in [-0.3, -0.25) is 0 Å². The van der Waals surface area contributed by atoms with Crippen LogP contribution in [0.2, 0.25) is 0 Å². The fourth-order valence-corrected chi connectivity index (χ4v) is 2.25. The van der Waals surface area contributed by atoms with Gasteiger partial charge >= 0.3 is 7.12 Å². The van der Waals surface area contributed by atoms with E-state index in [2.05, 4.69) is 0 Å². The summed E-state index contributed by atoms with van der Waals surface area (Å²) in [4.78, 5) is 0. The van der Waals surface area contributed by atoms with E-state index in [9.17, 15) is 0 Å². The van der Waals surface area contributed by atoms with Gasteiger partial charge in [0.05, 0.1) is 12.2 Å². The van der Waals surface area contributed by atoms with Crippen LogP contribution >= 0.6 is 0 Å². The second-order valence-corrected chi connectivity index (χ2v) is 4.21. The summed E-state index contributed by atoms with van der Waals surface area (Å²) in [5, 5.41) is 0. The first-order chi connectivity index (χ1) is 7.79. The molecular formula is C11H14BNO3. The summed E-state index contributed by atoms with van der Waals surface area (Å²) < 4.78 is 17.3. The number of ether oxygens (including phenoxy) is 1. The predicted molar refractivity (Wildman–Crippen MR) is 60.8 cm³/mol. The zero-order chi connectivity index (χ0) is 11.1. The highest BCUT2D eigenvalue weighted by atomic mass is 16.6. The van der Waals surface area contributed by atoms with E-state index in [1.54, 1.807) is 0 Å². The third kappa shape index (κ3) is 1.43. The van der Waals surface area contributed by atoms with Crippen LogP contribution in [-0.4, -0.2) is 26.4 Å². The first-order valence-electron chi connectivity index (χ1n) is 5.56. The second-order valence-electron chi connectivity index (χ2n) is 4.21. The number of hydrogen-bond donors (Lipinski definition) is 1. The fourth-order valence-electron chi connectivity index (χ4n) is 2.25. The minimum Gasteiger partial charge on any atom is -0.491 e. The Bertz CT molecular complexity index is 412. The highest BCUT2D eigenvalue weighted by molar-refractivity contribution is 6.64. The summed E-state index contributed by atoms with van der Waals surface area (Å²) in [6.07, 6.45) is -0.0457. The van der Waals surface area contributed by atoms with Gasteiger partial charge in [-0.2, -0.15) is 0 Å². The van der Waals surface area contributed by atoms with Crippen molar-refractivity contribution in [3.8, 4) is 5.75 Å². The Morgan fingerprint density at radius 1 is 1.44 bits per heavy atom. The van der Waals surface area contributed by atoms with E-state index in [0.29, 0.717) is 13.2 Å². The Balaban J connectivity index is 2.08. The average molecular weight is 219 g/mol. The van der Waals surface area contributed by atoms with Crippen molar-refractivity contribution >= 4 is 12.6 Å². The van der Waals surface area contributed by atoms with Gasteiger partial charge < -0.3 is 19.8 Å². The molecule has 2 unspecified atom stereocenters. The molecule has 1 aromatic rings. The molecular weight excluding hydrogens is 205 g/mol. The molecule has 0 amide bonds. The van der Waals surface area contributed by atoms with Gasteiger partial charge in [0.25, 0.3) is 0 Å². The molecule has 0 radical (unpaired) electrons. The van der Waals surface area contributed by atoms with E-state index < -0.39 is 0 Å². The maximum Gasteiger partial charge on any atom is 0.498 e. The SMILES string of the molecule is CC1COc2cccc3c2B(O1)OC3CN. The van der Waals surface area contributed by atoms with Crippen LogP contribution in [0.25, 0.3) is 0 Å². The molecule has 5 heteroatoms. The highest BCUT2D eigenvalue weighted by Gasteiger charge is 2.42. The fraction of sp³-hybridized carbons (Fsp3) is 0.455. The maximum atomic E-state index is 5.79. The molecule has 4 nitrogen and oxygen atoms in total. The second kappa shape index (κ2) is 3.77. The van der Waals surface area contributed by atoms with Crippen LogP contribution in [0.1, 0.15) is 18.6 Å². The van der Waals surface area contributed by atoms with Crippen LogP contribution in [-0.2, 0) is 9.31 Å². The molecule has 0 spiro atoms. The highest BCUT2D eigenvalue weighted by Crippen LogP contribution is 2.30. The van der Waals surface area contributed by atoms with Gasteiger partial charge in [-0.1, -0.05) is 12.1 Å². The van der Waals surface area contributed by atoms with Gasteiger partial charge in [-0.15, -0.1) is 0 Å². The molecule has 2 heterocycles. The van der Waals surface area contributed by atoms with Crippen LogP contribution in [0, 0.1) is 0 Å². The van der Waals surface area contributed by atoms with E-state index in [4.69, 9.17) is 19.8 Å². The van der Waals surface area contributed by atoms with Gasteiger partial charge in [0, 0.05) is 12.0 Å². The Morgan fingerprint density at radius 3 is 3.12 bits per heavy atom. The topological polar surface area (TPSA) is 53.7 Å². The molecule has 0 saturated heterocycles. The molecule has 0 bridgehead atoms. The molecule has 0 aliphatic carbocycles. The van der Waals surface area contributed by atoms with Crippen LogP contribution in [0.5, 0.6) is 5.75 Å². The van der Waals surface area contributed by atoms with E-state index in [0.717, 1.165) is 16.8 Å². The van der Waals surface area contributed by atoms with E-state index >= 15 is 0 Å². The van der Waals surface area contributed by atoms with Crippen LogP contribution in [0.3, 0.4) is 0 Å². The minimum atomic E-state index is -0.322. The number of rotatable bonds is 1. The lowest BCUT2D eigenvalue weighted by Gasteiger charge is -2.15. The lowest BCUT2D eigenvalue weighted by molar-refractivity contribution is 0.101. The first-order valence-corrected chi connectivity index (χ1v) is 5.56. The molecule has 2 aliphatic rings. The van der Waals surface area contributed by atoms with Crippen molar-refractivity contribution in [2.45, 2.75) is 19.1 Å². The van der Waals surface area contributed by atoms with Crippen molar-refractivity contribution in [1.29, 1.82) is 0 Å². The van der Waals surface area contributed by atoms with Gasteiger partial charge in [0.1, 0.15) is 12.4 Å². The molecule has 0 aromatic heterocycles. The number of hydrogen-bond acceptors (Lipinski definition) is 4. The van der Waals surface area contributed by atoms with Gasteiger partial charge in [0.15, 0.2) is 0 Å².